The number of para-hydroxylation sites is 1. The van der Waals surface area contributed by atoms with Crippen molar-refractivity contribution in [3.05, 3.63) is 49.8 Å². The van der Waals surface area contributed by atoms with Crippen LogP contribution in [0.5, 0.6) is 0 Å². The molecular weight excluding hydrogens is 292 g/mol. The van der Waals surface area contributed by atoms with Gasteiger partial charge in [-0.3, -0.25) is 14.9 Å². The number of rotatable bonds is 3. The van der Waals surface area contributed by atoms with Crippen molar-refractivity contribution in [1.29, 1.82) is 5.26 Å². The maximum Gasteiger partial charge on any atom is 0.281 e. The summed E-state index contributed by atoms with van der Waals surface area (Å²) >= 11 is 1.18. The lowest BCUT2D eigenvalue weighted by atomic mass is 10.0. The van der Waals surface area contributed by atoms with Crippen molar-refractivity contribution in [2.45, 2.75) is 12.1 Å². The molecule has 0 spiro atoms. The van der Waals surface area contributed by atoms with Gasteiger partial charge in [0.15, 0.2) is 5.16 Å². The van der Waals surface area contributed by atoms with E-state index in [-0.39, 0.29) is 22.5 Å². The fraction of sp³-hybridized carbons (Fsp3) is 0.154. The van der Waals surface area contributed by atoms with Crippen LogP contribution in [-0.2, 0) is 0 Å². The van der Waals surface area contributed by atoms with Gasteiger partial charge in [-0.15, -0.1) is 0 Å². The van der Waals surface area contributed by atoms with Crippen LogP contribution in [-0.4, -0.2) is 21.1 Å². The van der Waals surface area contributed by atoms with Gasteiger partial charge in [-0.05, 0) is 19.2 Å². The number of nitriles is 1. The second-order valence-electron chi connectivity index (χ2n) is 4.14. The van der Waals surface area contributed by atoms with E-state index in [0.717, 1.165) is 0 Å². The topological polar surface area (TPSA) is 113 Å². The van der Waals surface area contributed by atoms with Crippen LogP contribution in [0.15, 0.2) is 28.2 Å². The lowest BCUT2D eigenvalue weighted by molar-refractivity contribution is -0.384. The van der Waals surface area contributed by atoms with Crippen LogP contribution in [0.25, 0.3) is 11.3 Å². The Morgan fingerprint density at radius 3 is 2.76 bits per heavy atom. The highest BCUT2D eigenvalue weighted by Crippen LogP contribution is 2.32. The third-order valence-corrected chi connectivity index (χ3v) is 3.46. The van der Waals surface area contributed by atoms with Gasteiger partial charge in [0.1, 0.15) is 17.3 Å². The molecular formula is C13H10N4O3S. The molecule has 0 aliphatic rings. The lowest BCUT2D eigenvalue weighted by Crippen LogP contribution is -2.15. The lowest BCUT2D eigenvalue weighted by Gasteiger charge is -2.07. The molecule has 1 aromatic heterocycles. The molecule has 0 saturated carbocycles. The summed E-state index contributed by atoms with van der Waals surface area (Å²) in [4.78, 5) is 29.2. The number of aryl methyl sites for hydroxylation is 1. The Kier molecular flexibility index (Phi) is 4.05. The molecule has 0 bridgehead atoms. The third-order valence-electron chi connectivity index (χ3n) is 2.88. The molecule has 0 unspecified atom stereocenters. The monoisotopic (exact) mass is 302 g/mol. The number of nitro groups is 1. The zero-order chi connectivity index (χ0) is 15.6. The van der Waals surface area contributed by atoms with Crippen molar-refractivity contribution in [3.8, 4) is 17.3 Å². The number of nitrogens with zero attached hydrogens (tertiary/aromatic N) is 3. The third kappa shape index (κ3) is 2.64. The molecule has 1 aromatic carbocycles. The minimum Gasteiger partial charge on any atom is -0.300 e. The first-order chi connectivity index (χ1) is 9.99. The Morgan fingerprint density at radius 1 is 1.48 bits per heavy atom. The molecule has 2 aromatic rings. The van der Waals surface area contributed by atoms with E-state index in [1.807, 2.05) is 0 Å². The Balaban J connectivity index is 2.88. The number of benzene rings is 1. The highest BCUT2D eigenvalue weighted by molar-refractivity contribution is 7.98. The molecule has 2 rings (SSSR count). The first-order valence-electron chi connectivity index (χ1n) is 5.82. The van der Waals surface area contributed by atoms with Crippen LogP contribution in [0, 0.1) is 28.4 Å². The number of thioether (sulfide) groups is 1. The van der Waals surface area contributed by atoms with E-state index >= 15 is 0 Å². The maximum atomic E-state index is 11.9. The summed E-state index contributed by atoms with van der Waals surface area (Å²) in [5.41, 5.74) is -0.364. The Bertz CT molecular complexity index is 823. The predicted molar refractivity (Wildman–Crippen MR) is 78.2 cm³/mol. The molecule has 7 nitrogen and oxygen atoms in total. The van der Waals surface area contributed by atoms with Crippen molar-refractivity contribution < 1.29 is 4.92 Å². The van der Waals surface area contributed by atoms with Crippen molar-refractivity contribution in [2.75, 3.05) is 6.26 Å². The van der Waals surface area contributed by atoms with E-state index in [1.165, 1.54) is 17.8 Å². The minimum atomic E-state index is -0.609. The molecule has 0 fully saturated rings. The number of hydrogen-bond donors (Lipinski definition) is 1. The van der Waals surface area contributed by atoms with Gasteiger partial charge in [-0.1, -0.05) is 23.9 Å². The summed E-state index contributed by atoms with van der Waals surface area (Å²) in [6.45, 7) is 1.59. The van der Waals surface area contributed by atoms with Crippen molar-refractivity contribution in [1.82, 2.24) is 9.97 Å². The molecule has 106 valence electrons. The molecule has 0 atom stereocenters. The van der Waals surface area contributed by atoms with Crippen LogP contribution < -0.4 is 5.56 Å². The van der Waals surface area contributed by atoms with Gasteiger partial charge in [0.25, 0.3) is 11.2 Å². The average molecular weight is 302 g/mol. The Hall–Kier alpha value is -2.66. The molecule has 0 aliphatic heterocycles. The fourth-order valence-electron chi connectivity index (χ4n) is 1.94. The molecule has 21 heavy (non-hydrogen) atoms. The summed E-state index contributed by atoms with van der Waals surface area (Å²) in [5.74, 6) is 0. The second-order valence-corrected chi connectivity index (χ2v) is 4.93. The SMILES string of the molecule is CSc1nc(-c2cccc(C)c2[N+](=O)[O-])c(C#N)c(=O)[nH]1. The average Bonchev–Trinajstić information content (AvgIpc) is 2.45. The Labute approximate surface area is 123 Å². The number of aromatic nitrogens is 2. The van der Waals surface area contributed by atoms with Crippen LogP contribution >= 0.6 is 11.8 Å². The van der Waals surface area contributed by atoms with Gasteiger partial charge in [0.05, 0.1) is 10.5 Å². The van der Waals surface area contributed by atoms with E-state index in [2.05, 4.69) is 9.97 Å². The van der Waals surface area contributed by atoms with E-state index in [1.54, 1.807) is 31.4 Å². The smallest absolute Gasteiger partial charge is 0.281 e. The normalized spacial score (nSPS) is 10.1. The van der Waals surface area contributed by atoms with Gasteiger partial charge >= 0.3 is 0 Å². The first kappa shape index (κ1) is 14.7. The van der Waals surface area contributed by atoms with E-state index in [9.17, 15) is 14.9 Å². The van der Waals surface area contributed by atoms with Crippen LogP contribution in [0.3, 0.4) is 0 Å². The van der Waals surface area contributed by atoms with Gasteiger partial charge < -0.3 is 4.98 Å². The van der Waals surface area contributed by atoms with Crippen LogP contribution in [0.2, 0.25) is 0 Å². The standard InChI is InChI=1S/C13H10N4O3S/c1-7-4-3-5-8(11(7)17(19)20)10-9(6-14)12(18)16-13(15-10)21-2/h3-5H,1-2H3,(H,15,16,18). The summed E-state index contributed by atoms with van der Waals surface area (Å²) in [5, 5.41) is 20.7. The summed E-state index contributed by atoms with van der Waals surface area (Å²) in [7, 11) is 0. The van der Waals surface area contributed by atoms with Gasteiger partial charge in [0.2, 0.25) is 0 Å². The molecule has 0 aliphatic carbocycles. The van der Waals surface area contributed by atoms with Gasteiger partial charge in [-0.2, -0.15) is 5.26 Å². The molecule has 0 amide bonds. The maximum absolute atomic E-state index is 11.9. The fourth-order valence-corrected chi connectivity index (χ4v) is 2.32. The molecule has 1 heterocycles. The number of nitrogens with one attached hydrogen (secondary N) is 1. The van der Waals surface area contributed by atoms with Gasteiger partial charge in [-0.25, -0.2) is 4.98 Å². The van der Waals surface area contributed by atoms with Crippen molar-refractivity contribution >= 4 is 17.4 Å². The van der Waals surface area contributed by atoms with E-state index < -0.39 is 10.5 Å². The molecule has 0 radical (unpaired) electrons. The highest BCUT2D eigenvalue weighted by Gasteiger charge is 2.23. The van der Waals surface area contributed by atoms with E-state index in [0.29, 0.717) is 10.7 Å². The zero-order valence-electron chi connectivity index (χ0n) is 11.2. The Morgan fingerprint density at radius 2 is 2.19 bits per heavy atom. The summed E-state index contributed by atoms with van der Waals surface area (Å²) in [6, 6.07) is 6.46. The van der Waals surface area contributed by atoms with Crippen molar-refractivity contribution in [2.24, 2.45) is 0 Å². The molecule has 1 N–H and O–H groups in total. The van der Waals surface area contributed by atoms with Crippen LogP contribution in [0.1, 0.15) is 11.1 Å². The summed E-state index contributed by atoms with van der Waals surface area (Å²) in [6.07, 6.45) is 1.71. The molecule has 0 saturated heterocycles. The quantitative estimate of drug-likeness (QED) is 0.402. The van der Waals surface area contributed by atoms with Crippen molar-refractivity contribution in [3.63, 3.8) is 0 Å². The number of nitro benzene ring substituents is 1. The first-order valence-corrected chi connectivity index (χ1v) is 7.04. The summed E-state index contributed by atoms with van der Waals surface area (Å²) < 4.78 is 0. The number of aromatic amines is 1. The second kappa shape index (κ2) is 5.76. The predicted octanol–water partition coefficient (Wildman–Crippen LogP) is 2.25. The minimum absolute atomic E-state index is 0.0287. The number of H-pyrrole nitrogens is 1. The van der Waals surface area contributed by atoms with Crippen LogP contribution in [0.4, 0.5) is 5.69 Å². The van der Waals surface area contributed by atoms with Gasteiger partial charge in [0, 0.05) is 5.56 Å². The van der Waals surface area contributed by atoms with E-state index in [4.69, 9.17) is 5.26 Å². The highest BCUT2D eigenvalue weighted by atomic mass is 32.2. The largest absolute Gasteiger partial charge is 0.300 e. The molecule has 8 heteroatoms. The zero-order valence-corrected chi connectivity index (χ0v) is 12.0. The number of hydrogen-bond acceptors (Lipinski definition) is 6.